The Morgan fingerprint density at radius 1 is 0.967 bits per heavy atom. The number of para-hydroxylation sites is 1. The molecule has 0 fully saturated rings. The predicted octanol–water partition coefficient (Wildman–Crippen LogP) is 7.48. The average molecular weight is 479 g/mol. The van der Waals surface area contributed by atoms with E-state index >= 15 is 0 Å². The number of aryl methyl sites for hydroxylation is 1. The van der Waals surface area contributed by atoms with Gasteiger partial charge in [0.1, 0.15) is 11.4 Å². The highest BCUT2D eigenvalue weighted by molar-refractivity contribution is 9.10. The van der Waals surface area contributed by atoms with Gasteiger partial charge in [-0.1, -0.05) is 53.9 Å². The van der Waals surface area contributed by atoms with Gasteiger partial charge >= 0.3 is 6.18 Å². The van der Waals surface area contributed by atoms with E-state index in [1.165, 1.54) is 0 Å². The van der Waals surface area contributed by atoms with Gasteiger partial charge in [-0.05, 0) is 48.7 Å². The molecule has 1 heterocycles. The fourth-order valence-electron chi connectivity index (χ4n) is 2.96. The molecule has 0 aliphatic rings. The van der Waals surface area contributed by atoms with E-state index in [1.54, 1.807) is 24.3 Å². The van der Waals surface area contributed by atoms with Crippen molar-refractivity contribution in [1.82, 2.24) is 9.97 Å². The molecule has 0 unspecified atom stereocenters. The second kappa shape index (κ2) is 9.93. The number of halogens is 4. The molecule has 3 aromatic rings. The normalized spacial score (nSPS) is 11.4. The lowest BCUT2D eigenvalue weighted by Gasteiger charge is -2.17. The molecule has 2 N–H and O–H groups in total. The average Bonchev–Trinajstić information content (AvgIpc) is 2.70. The molecule has 0 aliphatic heterocycles. The van der Waals surface area contributed by atoms with E-state index in [-0.39, 0.29) is 11.8 Å². The van der Waals surface area contributed by atoms with Crippen LogP contribution in [-0.2, 0) is 12.6 Å². The van der Waals surface area contributed by atoms with E-state index < -0.39 is 11.7 Å². The van der Waals surface area contributed by atoms with Crippen molar-refractivity contribution in [2.24, 2.45) is 0 Å². The van der Waals surface area contributed by atoms with Crippen molar-refractivity contribution in [3.63, 3.8) is 0 Å². The molecule has 2 aromatic carbocycles. The predicted molar refractivity (Wildman–Crippen MR) is 117 cm³/mol. The van der Waals surface area contributed by atoms with Crippen molar-refractivity contribution in [2.45, 2.75) is 38.8 Å². The number of aromatic nitrogens is 2. The summed E-state index contributed by atoms with van der Waals surface area (Å²) in [6.07, 6.45) is 0.127. The summed E-state index contributed by atoms with van der Waals surface area (Å²) in [4.78, 5) is 7.98. The molecule has 0 atom stereocenters. The number of rotatable bonds is 8. The summed E-state index contributed by atoms with van der Waals surface area (Å²) in [7, 11) is 0. The van der Waals surface area contributed by atoms with E-state index in [0.717, 1.165) is 41.9 Å². The Balaban J connectivity index is 1.91. The number of nitrogens with one attached hydrogen (secondary N) is 2. The van der Waals surface area contributed by atoms with Crippen molar-refractivity contribution < 1.29 is 13.2 Å². The maximum absolute atomic E-state index is 13.6. The molecular formula is C22H22BrF3N4. The number of anilines is 4. The van der Waals surface area contributed by atoms with Gasteiger partial charge in [-0.15, -0.1) is 0 Å². The SMILES string of the molecule is CCCCCc1ccccc1Nc1nc(Nc2ccc(Br)cc2)ncc1C(F)(F)F. The molecule has 0 saturated carbocycles. The molecule has 3 rings (SSSR count). The largest absolute Gasteiger partial charge is 0.421 e. The summed E-state index contributed by atoms with van der Waals surface area (Å²) in [5.74, 6) is -0.198. The molecule has 0 radical (unpaired) electrons. The zero-order valence-corrected chi connectivity index (χ0v) is 18.0. The van der Waals surface area contributed by atoms with E-state index in [0.29, 0.717) is 11.4 Å². The van der Waals surface area contributed by atoms with Gasteiger partial charge < -0.3 is 10.6 Å². The topological polar surface area (TPSA) is 49.8 Å². The number of alkyl halides is 3. The van der Waals surface area contributed by atoms with Gasteiger partial charge in [-0.25, -0.2) is 4.98 Å². The maximum atomic E-state index is 13.6. The molecule has 0 saturated heterocycles. The quantitative estimate of drug-likeness (QED) is 0.329. The van der Waals surface area contributed by atoms with Crippen molar-refractivity contribution in [2.75, 3.05) is 10.6 Å². The standard InChI is InChI=1S/C22H22BrF3N4/c1-2-3-4-7-15-8-5-6-9-19(15)29-20-18(22(24,25)26)14-27-21(30-20)28-17-12-10-16(23)11-13-17/h5-6,8-14H,2-4,7H2,1H3,(H2,27,28,29,30). The van der Waals surface area contributed by atoms with Gasteiger partial charge in [0.15, 0.2) is 0 Å². The van der Waals surface area contributed by atoms with Gasteiger partial charge in [-0.3, -0.25) is 0 Å². The van der Waals surface area contributed by atoms with Crippen LogP contribution in [0.2, 0.25) is 0 Å². The zero-order valence-electron chi connectivity index (χ0n) is 16.4. The van der Waals surface area contributed by atoms with Gasteiger partial charge in [0, 0.05) is 22.0 Å². The van der Waals surface area contributed by atoms with E-state index in [1.807, 2.05) is 24.3 Å². The van der Waals surface area contributed by atoms with Crippen LogP contribution in [0.3, 0.4) is 0 Å². The Bertz CT molecular complexity index is 975. The summed E-state index contributed by atoms with van der Waals surface area (Å²) in [5, 5.41) is 5.83. The van der Waals surface area contributed by atoms with Crippen molar-refractivity contribution in [3.8, 4) is 0 Å². The Morgan fingerprint density at radius 2 is 1.70 bits per heavy atom. The summed E-state index contributed by atoms with van der Waals surface area (Å²) in [5.41, 5.74) is 1.34. The molecule has 1 aromatic heterocycles. The number of hydrogen-bond acceptors (Lipinski definition) is 4. The van der Waals surface area contributed by atoms with Crippen LogP contribution in [0.5, 0.6) is 0 Å². The van der Waals surface area contributed by atoms with Gasteiger partial charge in [0.2, 0.25) is 5.95 Å². The highest BCUT2D eigenvalue weighted by Crippen LogP contribution is 2.36. The molecule has 158 valence electrons. The van der Waals surface area contributed by atoms with Crippen molar-refractivity contribution in [3.05, 3.63) is 70.3 Å². The van der Waals surface area contributed by atoms with Crippen molar-refractivity contribution >= 4 is 39.1 Å². The fraction of sp³-hybridized carbons (Fsp3) is 0.273. The third-order valence-corrected chi connectivity index (χ3v) is 5.04. The second-order valence-electron chi connectivity index (χ2n) is 6.82. The first-order valence-corrected chi connectivity index (χ1v) is 10.5. The molecule has 4 nitrogen and oxygen atoms in total. The Morgan fingerprint density at radius 3 is 2.40 bits per heavy atom. The minimum atomic E-state index is -4.57. The molecule has 0 aliphatic carbocycles. The van der Waals surface area contributed by atoms with Gasteiger partial charge in [0.25, 0.3) is 0 Å². The fourth-order valence-corrected chi connectivity index (χ4v) is 3.22. The summed E-state index contributed by atoms with van der Waals surface area (Å²) in [6.45, 7) is 2.11. The smallest absolute Gasteiger partial charge is 0.339 e. The number of benzene rings is 2. The van der Waals surface area contributed by atoms with Crippen molar-refractivity contribution in [1.29, 1.82) is 0 Å². The molecular weight excluding hydrogens is 457 g/mol. The lowest BCUT2D eigenvalue weighted by atomic mass is 10.1. The Hall–Kier alpha value is -2.61. The molecule has 30 heavy (non-hydrogen) atoms. The van der Waals surface area contributed by atoms with Crippen LogP contribution in [0.25, 0.3) is 0 Å². The van der Waals surface area contributed by atoms with Crippen LogP contribution in [-0.4, -0.2) is 9.97 Å². The first-order chi connectivity index (χ1) is 14.4. The Kier molecular flexibility index (Phi) is 7.31. The lowest BCUT2D eigenvalue weighted by Crippen LogP contribution is -2.13. The van der Waals surface area contributed by atoms with E-state index in [9.17, 15) is 13.2 Å². The first-order valence-electron chi connectivity index (χ1n) is 9.68. The lowest BCUT2D eigenvalue weighted by molar-refractivity contribution is -0.137. The number of unbranched alkanes of at least 4 members (excludes halogenated alkanes) is 2. The zero-order chi connectivity index (χ0) is 21.6. The van der Waals surface area contributed by atoms with Crippen LogP contribution in [0.15, 0.2) is 59.2 Å². The van der Waals surface area contributed by atoms with Gasteiger partial charge in [-0.2, -0.15) is 18.2 Å². The molecule has 0 spiro atoms. The second-order valence-corrected chi connectivity index (χ2v) is 7.74. The number of nitrogens with zero attached hydrogens (tertiary/aromatic N) is 2. The minimum Gasteiger partial charge on any atom is -0.339 e. The van der Waals surface area contributed by atoms with E-state index in [2.05, 4.69) is 43.5 Å². The first kappa shape index (κ1) is 22.1. The summed E-state index contributed by atoms with van der Waals surface area (Å²) in [6, 6.07) is 14.6. The van der Waals surface area contributed by atoms with Crippen LogP contribution in [0.4, 0.5) is 36.3 Å². The Labute approximate surface area is 182 Å². The summed E-state index contributed by atoms with van der Waals surface area (Å²) < 4.78 is 41.6. The third-order valence-electron chi connectivity index (χ3n) is 4.51. The van der Waals surface area contributed by atoms with Crippen LogP contribution in [0, 0.1) is 0 Å². The van der Waals surface area contributed by atoms with E-state index in [4.69, 9.17) is 0 Å². The monoisotopic (exact) mass is 478 g/mol. The summed E-state index contributed by atoms with van der Waals surface area (Å²) >= 11 is 3.35. The molecule has 0 bridgehead atoms. The molecule has 8 heteroatoms. The van der Waals surface area contributed by atoms with Crippen LogP contribution >= 0.6 is 15.9 Å². The highest BCUT2D eigenvalue weighted by atomic mass is 79.9. The van der Waals surface area contributed by atoms with Gasteiger partial charge in [0.05, 0.1) is 0 Å². The minimum absolute atomic E-state index is 0.0799. The third kappa shape index (κ3) is 5.95. The number of hydrogen-bond donors (Lipinski definition) is 2. The van der Waals surface area contributed by atoms with Crippen LogP contribution in [0.1, 0.15) is 37.3 Å². The maximum Gasteiger partial charge on any atom is 0.421 e. The van der Waals surface area contributed by atoms with Crippen LogP contribution < -0.4 is 10.6 Å². The molecule has 0 amide bonds. The highest BCUT2D eigenvalue weighted by Gasteiger charge is 2.35.